The lowest BCUT2D eigenvalue weighted by molar-refractivity contribution is 0.100. The van der Waals surface area contributed by atoms with E-state index in [0.29, 0.717) is 5.56 Å². The number of nitrogens with two attached hydrogens (primary N) is 1. The number of benzene rings is 1. The number of nitrogens with zero attached hydrogens (tertiary/aromatic N) is 1. The SMILES string of the molecule is COc1ccc(CCCNc2ccncc2C(N)=O)cc1. The minimum Gasteiger partial charge on any atom is -0.497 e. The molecule has 5 nitrogen and oxygen atoms in total. The van der Waals surface area contributed by atoms with Gasteiger partial charge in [-0.2, -0.15) is 0 Å². The summed E-state index contributed by atoms with van der Waals surface area (Å²) < 4.78 is 5.13. The molecule has 0 saturated heterocycles. The first-order valence-corrected chi connectivity index (χ1v) is 6.81. The number of pyridine rings is 1. The molecule has 0 atom stereocenters. The van der Waals surface area contributed by atoms with Crippen LogP contribution >= 0.6 is 0 Å². The summed E-state index contributed by atoms with van der Waals surface area (Å²) >= 11 is 0. The van der Waals surface area contributed by atoms with Gasteiger partial charge in [-0.05, 0) is 36.6 Å². The molecule has 0 aliphatic carbocycles. The van der Waals surface area contributed by atoms with Crippen LogP contribution in [-0.4, -0.2) is 24.5 Å². The molecule has 1 amide bonds. The Morgan fingerprint density at radius 2 is 2.05 bits per heavy atom. The molecule has 1 heterocycles. The van der Waals surface area contributed by atoms with Crippen LogP contribution in [0.1, 0.15) is 22.3 Å². The highest BCUT2D eigenvalue weighted by molar-refractivity contribution is 5.98. The molecule has 0 aliphatic heterocycles. The van der Waals surface area contributed by atoms with Crippen molar-refractivity contribution in [3.63, 3.8) is 0 Å². The minimum atomic E-state index is -0.472. The Bertz CT molecular complexity index is 597. The number of ether oxygens (including phenoxy) is 1. The first kappa shape index (κ1) is 14.8. The lowest BCUT2D eigenvalue weighted by atomic mass is 10.1. The second kappa shape index (κ2) is 7.28. The largest absolute Gasteiger partial charge is 0.497 e. The molecule has 5 heteroatoms. The maximum Gasteiger partial charge on any atom is 0.252 e. The number of aromatic nitrogens is 1. The van der Waals surface area contributed by atoms with Crippen molar-refractivity contribution in [2.24, 2.45) is 5.73 Å². The molecule has 2 aromatic rings. The van der Waals surface area contributed by atoms with Gasteiger partial charge in [-0.15, -0.1) is 0 Å². The van der Waals surface area contributed by atoms with Crippen LogP contribution in [0.4, 0.5) is 5.69 Å². The number of methoxy groups -OCH3 is 1. The van der Waals surface area contributed by atoms with E-state index in [0.717, 1.165) is 30.8 Å². The van der Waals surface area contributed by atoms with Crippen LogP contribution in [0.3, 0.4) is 0 Å². The Morgan fingerprint density at radius 1 is 1.29 bits per heavy atom. The summed E-state index contributed by atoms with van der Waals surface area (Å²) in [7, 11) is 1.66. The van der Waals surface area contributed by atoms with Crippen LogP contribution in [0, 0.1) is 0 Å². The van der Waals surface area contributed by atoms with Gasteiger partial charge in [0.05, 0.1) is 18.4 Å². The molecule has 0 aliphatic rings. The summed E-state index contributed by atoms with van der Waals surface area (Å²) in [6.45, 7) is 0.760. The van der Waals surface area contributed by atoms with Gasteiger partial charge < -0.3 is 15.8 Å². The number of carbonyl (C=O) groups excluding carboxylic acids is 1. The molecule has 0 unspecified atom stereocenters. The molecule has 3 N–H and O–H groups in total. The van der Waals surface area contributed by atoms with Crippen LogP contribution in [-0.2, 0) is 6.42 Å². The lowest BCUT2D eigenvalue weighted by Crippen LogP contribution is -2.15. The molecule has 0 fully saturated rings. The number of hydrogen-bond donors (Lipinski definition) is 2. The summed E-state index contributed by atoms with van der Waals surface area (Å²) in [6, 6.07) is 9.78. The Morgan fingerprint density at radius 3 is 2.71 bits per heavy atom. The summed E-state index contributed by atoms with van der Waals surface area (Å²) in [5, 5.41) is 3.22. The van der Waals surface area contributed by atoms with Crippen molar-refractivity contribution in [1.29, 1.82) is 0 Å². The van der Waals surface area contributed by atoms with Crippen LogP contribution < -0.4 is 15.8 Å². The number of primary amides is 1. The highest BCUT2D eigenvalue weighted by atomic mass is 16.5. The lowest BCUT2D eigenvalue weighted by Gasteiger charge is -2.09. The number of anilines is 1. The summed E-state index contributed by atoms with van der Waals surface area (Å²) in [5.74, 6) is 0.389. The summed E-state index contributed by atoms with van der Waals surface area (Å²) in [5.41, 5.74) is 7.71. The van der Waals surface area contributed by atoms with Crippen LogP contribution in [0.25, 0.3) is 0 Å². The molecule has 1 aromatic heterocycles. The molecule has 0 radical (unpaired) electrons. The maximum atomic E-state index is 11.3. The third-order valence-corrected chi connectivity index (χ3v) is 3.20. The van der Waals surface area contributed by atoms with Crippen molar-refractivity contribution in [2.75, 3.05) is 19.0 Å². The van der Waals surface area contributed by atoms with Gasteiger partial charge in [0.15, 0.2) is 0 Å². The predicted octanol–water partition coefficient (Wildman–Crippen LogP) is 2.23. The Balaban J connectivity index is 1.83. The van der Waals surface area contributed by atoms with Gasteiger partial charge >= 0.3 is 0 Å². The molecule has 2 rings (SSSR count). The van der Waals surface area contributed by atoms with Gasteiger partial charge in [0.1, 0.15) is 5.75 Å². The van der Waals surface area contributed by atoms with Crippen molar-refractivity contribution in [3.05, 3.63) is 53.9 Å². The second-order valence-electron chi connectivity index (χ2n) is 4.66. The van der Waals surface area contributed by atoms with Crippen LogP contribution in [0.15, 0.2) is 42.7 Å². The number of amides is 1. The van der Waals surface area contributed by atoms with Gasteiger partial charge in [0.25, 0.3) is 5.91 Å². The van der Waals surface area contributed by atoms with E-state index in [2.05, 4.69) is 22.4 Å². The highest BCUT2D eigenvalue weighted by Gasteiger charge is 2.06. The average molecular weight is 285 g/mol. The Hall–Kier alpha value is -2.56. The topological polar surface area (TPSA) is 77.2 Å². The van der Waals surface area contributed by atoms with Crippen molar-refractivity contribution in [2.45, 2.75) is 12.8 Å². The fourth-order valence-electron chi connectivity index (χ4n) is 2.05. The zero-order valence-corrected chi connectivity index (χ0v) is 12.0. The first-order chi connectivity index (χ1) is 10.2. The van der Waals surface area contributed by atoms with Gasteiger partial charge in [0, 0.05) is 18.9 Å². The third-order valence-electron chi connectivity index (χ3n) is 3.20. The smallest absolute Gasteiger partial charge is 0.252 e. The molecular weight excluding hydrogens is 266 g/mol. The fraction of sp³-hybridized carbons (Fsp3) is 0.250. The van der Waals surface area contributed by atoms with Crippen molar-refractivity contribution in [3.8, 4) is 5.75 Å². The minimum absolute atomic E-state index is 0.418. The number of rotatable bonds is 7. The molecule has 21 heavy (non-hydrogen) atoms. The summed E-state index contributed by atoms with van der Waals surface area (Å²) in [4.78, 5) is 15.2. The van der Waals surface area contributed by atoms with E-state index in [9.17, 15) is 4.79 Å². The van der Waals surface area contributed by atoms with E-state index in [4.69, 9.17) is 10.5 Å². The van der Waals surface area contributed by atoms with Crippen molar-refractivity contribution >= 4 is 11.6 Å². The molecule has 0 spiro atoms. The molecule has 0 saturated carbocycles. The van der Waals surface area contributed by atoms with E-state index in [1.807, 2.05) is 12.1 Å². The Kier molecular flexibility index (Phi) is 5.15. The predicted molar refractivity (Wildman–Crippen MR) is 82.6 cm³/mol. The first-order valence-electron chi connectivity index (χ1n) is 6.81. The zero-order valence-electron chi connectivity index (χ0n) is 12.0. The normalized spacial score (nSPS) is 10.1. The van der Waals surface area contributed by atoms with Crippen LogP contribution in [0.5, 0.6) is 5.75 Å². The number of hydrogen-bond acceptors (Lipinski definition) is 4. The molecular formula is C16H19N3O2. The van der Waals surface area contributed by atoms with E-state index in [1.165, 1.54) is 11.8 Å². The van der Waals surface area contributed by atoms with Gasteiger partial charge in [-0.1, -0.05) is 12.1 Å². The highest BCUT2D eigenvalue weighted by Crippen LogP contribution is 2.14. The zero-order chi connectivity index (χ0) is 15.1. The van der Waals surface area contributed by atoms with Crippen molar-refractivity contribution in [1.82, 2.24) is 4.98 Å². The number of nitrogens with one attached hydrogen (secondary N) is 1. The van der Waals surface area contributed by atoms with Gasteiger partial charge in [-0.25, -0.2) is 0 Å². The molecule has 1 aromatic carbocycles. The summed E-state index contributed by atoms with van der Waals surface area (Å²) in [6.07, 6.45) is 5.02. The number of carbonyl (C=O) groups is 1. The van der Waals surface area contributed by atoms with E-state index in [-0.39, 0.29) is 0 Å². The molecule has 0 bridgehead atoms. The van der Waals surface area contributed by atoms with E-state index < -0.39 is 5.91 Å². The van der Waals surface area contributed by atoms with Gasteiger partial charge in [-0.3, -0.25) is 9.78 Å². The fourth-order valence-corrected chi connectivity index (χ4v) is 2.05. The monoisotopic (exact) mass is 285 g/mol. The van der Waals surface area contributed by atoms with E-state index >= 15 is 0 Å². The van der Waals surface area contributed by atoms with E-state index in [1.54, 1.807) is 19.4 Å². The number of aryl methyl sites for hydroxylation is 1. The van der Waals surface area contributed by atoms with Crippen LogP contribution in [0.2, 0.25) is 0 Å². The van der Waals surface area contributed by atoms with Crippen molar-refractivity contribution < 1.29 is 9.53 Å². The Labute approximate surface area is 124 Å². The molecule has 110 valence electrons. The maximum absolute atomic E-state index is 11.3. The quantitative estimate of drug-likeness (QED) is 0.765. The standard InChI is InChI=1S/C16H19N3O2/c1-21-13-6-4-12(5-7-13)3-2-9-19-15-8-10-18-11-14(15)16(17)20/h4-8,10-11H,2-3,9H2,1H3,(H2,17,20)(H,18,19). The third kappa shape index (κ3) is 4.21. The second-order valence-corrected chi connectivity index (χ2v) is 4.66. The average Bonchev–Trinajstić information content (AvgIpc) is 2.52. The van der Waals surface area contributed by atoms with Gasteiger partial charge in [0.2, 0.25) is 0 Å².